The quantitative estimate of drug-likeness (QED) is 0.613. The van der Waals surface area contributed by atoms with E-state index in [1.165, 1.54) is 0 Å². The minimum absolute atomic E-state index is 0.291. The summed E-state index contributed by atoms with van der Waals surface area (Å²) in [6.45, 7) is 2.22. The Labute approximate surface area is 160 Å². The van der Waals surface area contributed by atoms with Crippen LogP contribution in [0.4, 0.5) is 10.1 Å². The lowest BCUT2D eigenvalue weighted by molar-refractivity contribution is -0.105. The topological polar surface area (TPSA) is 64.1 Å². The predicted octanol–water partition coefficient (Wildman–Crippen LogP) is 4.46. The third kappa shape index (κ3) is 4.31. The molecule has 4 atom stereocenters. The van der Waals surface area contributed by atoms with Gasteiger partial charge in [0.2, 0.25) is 6.41 Å². The molecule has 26 heavy (non-hydrogen) atoms. The molecular weight excluding hydrogens is 380 g/mol. The first-order chi connectivity index (χ1) is 12.5. The van der Waals surface area contributed by atoms with E-state index in [0.29, 0.717) is 46.2 Å². The molecular formula is C18H18Cl2FN3O2. The monoisotopic (exact) mass is 397 g/mol. The highest BCUT2D eigenvalue weighted by Crippen LogP contribution is 2.46. The Kier molecular flexibility index (Phi) is 6.06. The van der Waals surface area contributed by atoms with Crippen molar-refractivity contribution in [3.63, 3.8) is 0 Å². The molecule has 2 aromatic rings. The van der Waals surface area contributed by atoms with Crippen LogP contribution in [0, 0.1) is 12.0 Å². The van der Waals surface area contributed by atoms with Crippen molar-refractivity contribution in [1.82, 2.24) is 9.97 Å². The number of halogens is 3. The van der Waals surface area contributed by atoms with Gasteiger partial charge in [0, 0.05) is 24.0 Å². The van der Waals surface area contributed by atoms with Crippen molar-refractivity contribution in [3.8, 4) is 0 Å². The number of benzene rings is 1. The first-order valence-corrected chi connectivity index (χ1v) is 9.01. The molecule has 138 valence electrons. The normalized spacial score (nSPS) is 26.2. The summed E-state index contributed by atoms with van der Waals surface area (Å²) in [7, 11) is 0. The third-order valence-corrected chi connectivity index (χ3v) is 5.48. The molecule has 2 aliphatic heterocycles. The van der Waals surface area contributed by atoms with Gasteiger partial charge < -0.3 is 10.1 Å². The average Bonchev–Trinajstić information content (AvgIpc) is 3.19. The summed E-state index contributed by atoms with van der Waals surface area (Å²) in [5.41, 5.74) is 1.64. The molecule has 2 saturated heterocycles. The van der Waals surface area contributed by atoms with Crippen molar-refractivity contribution >= 4 is 35.3 Å². The molecule has 0 aliphatic carbocycles. The maximum atomic E-state index is 12.6. The molecule has 2 aliphatic rings. The van der Waals surface area contributed by atoms with Gasteiger partial charge in [0.25, 0.3) is 0 Å². The summed E-state index contributed by atoms with van der Waals surface area (Å²) in [6.07, 6.45) is 5.90. The van der Waals surface area contributed by atoms with Gasteiger partial charge in [0.1, 0.15) is 0 Å². The van der Waals surface area contributed by atoms with Crippen LogP contribution in [0.2, 0.25) is 10.0 Å². The van der Waals surface area contributed by atoms with Gasteiger partial charge in [-0.05, 0) is 42.5 Å². The number of fused-ring (bicyclic) bond motifs is 2. The molecule has 1 aromatic heterocycles. The van der Waals surface area contributed by atoms with Crippen LogP contribution in [0.15, 0.2) is 30.6 Å². The molecule has 0 saturated carbocycles. The van der Waals surface area contributed by atoms with Crippen LogP contribution in [0.25, 0.3) is 0 Å². The summed E-state index contributed by atoms with van der Waals surface area (Å²) < 4.78 is 18.4. The standard InChI is InChI=1S/C11H13FN2O.C7H5Cl2NO/c1-6-2-10-8(3-9(6)15-10)7-4-13-11(12)14-5-7;8-6-2-1-5(10-4-11)3-7(6)9/h4-6,8-10H,2-3H2,1H3;1-4H,(H,10,11). The molecule has 3 heterocycles. The number of carbonyl (C=O) groups is 1. The number of ether oxygens (including phenoxy) is 1. The van der Waals surface area contributed by atoms with Gasteiger partial charge in [-0.1, -0.05) is 30.1 Å². The van der Waals surface area contributed by atoms with Gasteiger partial charge in [-0.25, -0.2) is 9.97 Å². The second-order valence-electron chi connectivity index (χ2n) is 6.44. The lowest BCUT2D eigenvalue weighted by atomic mass is 9.80. The van der Waals surface area contributed by atoms with Gasteiger partial charge in [-0.15, -0.1) is 0 Å². The Balaban J connectivity index is 0.000000160. The second-order valence-corrected chi connectivity index (χ2v) is 7.26. The molecule has 0 spiro atoms. The summed E-state index contributed by atoms with van der Waals surface area (Å²) >= 11 is 11.3. The Hall–Kier alpha value is -1.76. The zero-order valence-electron chi connectivity index (χ0n) is 14.0. The number of hydrogen-bond acceptors (Lipinski definition) is 4. The van der Waals surface area contributed by atoms with Crippen molar-refractivity contribution in [1.29, 1.82) is 0 Å². The molecule has 4 rings (SSSR count). The minimum Gasteiger partial charge on any atom is -0.374 e. The Morgan fingerprint density at radius 2 is 1.92 bits per heavy atom. The van der Waals surface area contributed by atoms with E-state index in [-0.39, 0.29) is 0 Å². The van der Waals surface area contributed by atoms with Crippen LogP contribution in [0.1, 0.15) is 31.2 Å². The number of anilines is 1. The highest BCUT2D eigenvalue weighted by atomic mass is 35.5. The zero-order valence-corrected chi connectivity index (χ0v) is 15.5. The van der Waals surface area contributed by atoms with Crippen LogP contribution in [0.5, 0.6) is 0 Å². The Morgan fingerprint density at radius 3 is 2.46 bits per heavy atom. The fourth-order valence-corrected chi connectivity index (χ4v) is 3.70. The van der Waals surface area contributed by atoms with Crippen LogP contribution < -0.4 is 5.32 Å². The highest BCUT2D eigenvalue weighted by Gasteiger charge is 2.45. The van der Waals surface area contributed by atoms with Crippen LogP contribution >= 0.6 is 23.2 Å². The first-order valence-electron chi connectivity index (χ1n) is 8.26. The number of nitrogens with one attached hydrogen (secondary N) is 1. The number of nitrogens with zero attached hydrogens (tertiary/aromatic N) is 2. The van der Waals surface area contributed by atoms with E-state index in [2.05, 4.69) is 22.2 Å². The summed E-state index contributed by atoms with van der Waals surface area (Å²) in [5.74, 6) is 1.03. The van der Waals surface area contributed by atoms with E-state index in [9.17, 15) is 9.18 Å². The number of hydrogen-bond donors (Lipinski definition) is 1. The maximum absolute atomic E-state index is 12.6. The van der Waals surface area contributed by atoms with Gasteiger partial charge in [0.05, 0.1) is 22.3 Å². The Morgan fingerprint density at radius 1 is 1.19 bits per heavy atom. The second kappa shape index (κ2) is 8.29. The lowest BCUT2D eigenvalue weighted by Gasteiger charge is -2.21. The third-order valence-electron chi connectivity index (χ3n) is 4.74. The van der Waals surface area contributed by atoms with Crippen LogP contribution in [0.3, 0.4) is 0 Å². The van der Waals surface area contributed by atoms with Crippen LogP contribution in [-0.2, 0) is 9.53 Å². The molecule has 1 amide bonds. The summed E-state index contributed by atoms with van der Waals surface area (Å²) in [4.78, 5) is 17.2. The smallest absolute Gasteiger partial charge is 0.308 e. The number of rotatable bonds is 3. The van der Waals surface area contributed by atoms with E-state index < -0.39 is 6.08 Å². The van der Waals surface area contributed by atoms with Crippen LogP contribution in [-0.4, -0.2) is 28.6 Å². The lowest BCUT2D eigenvalue weighted by Crippen LogP contribution is -2.20. The fourth-order valence-electron chi connectivity index (χ4n) is 3.40. The molecule has 2 bridgehead atoms. The largest absolute Gasteiger partial charge is 0.374 e. The average molecular weight is 398 g/mol. The van der Waals surface area contributed by atoms with Crippen molar-refractivity contribution in [3.05, 3.63) is 52.3 Å². The van der Waals surface area contributed by atoms with E-state index in [1.807, 2.05) is 0 Å². The van der Waals surface area contributed by atoms with Gasteiger partial charge in [0.15, 0.2) is 0 Å². The number of amides is 1. The maximum Gasteiger partial charge on any atom is 0.308 e. The van der Waals surface area contributed by atoms with E-state index >= 15 is 0 Å². The van der Waals surface area contributed by atoms with Gasteiger partial charge in [-0.2, -0.15) is 4.39 Å². The molecule has 5 nitrogen and oxygen atoms in total. The van der Waals surface area contributed by atoms with Gasteiger partial charge in [-0.3, -0.25) is 4.79 Å². The predicted molar refractivity (Wildman–Crippen MR) is 97.9 cm³/mol. The van der Waals surface area contributed by atoms with Crippen molar-refractivity contribution in [2.45, 2.75) is 37.9 Å². The molecule has 1 aromatic carbocycles. The zero-order chi connectivity index (χ0) is 18.7. The van der Waals surface area contributed by atoms with E-state index in [4.69, 9.17) is 27.9 Å². The number of aromatic nitrogens is 2. The van der Waals surface area contributed by atoms with E-state index in [0.717, 1.165) is 18.4 Å². The number of carbonyl (C=O) groups excluding carboxylic acids is 1. The molecule has 8 heteroatoms. The molecule has 1 N–H and O–H groups in total. The van der Waals surface area contributed by atoms with Gasteiger partial charge >= 0.3 is 6.08 Å². The van der Waals surface area contributed by atoms with Crippen molar-refractivity contribution < 1.29 is 13.9 Å². The summed E-state index contributed by atoms with van der Waals surface area (Å²) in [5, 5.41) is 3.36. The van der Waals surface area contributed by atoms with E-state index in [1.54, 1.807) is 30.6 Å². The summed E-state index contributed by atoms with van der Waals surface area (Å²) in [6, 6.07) is 4.87. The van der Waals surface area contributed by atoms with Crippen molar-refractivity contribution in [2.75, 3.05) is 5.32 Å². The minimum atomic E-state index is -0.656. The first kappa shape index (κ1) is 19.0. The molecule has 4 unspecified atom stereocenters. The Bertz CT molecular complexity index is 774. The molecule has 0 radical (unpaired) electrons. The van der Waals surface area contributed by atoms with Crippen molar-refractivity contribution in [2.24, 2.45) is 5.92 Å². The SMILES string of the molecule is CC1CC2OC1CC2c1cnc(F)nc1.O=CNc1ccc(Cl)c(Cl)c1. The highest BCUT2D eigenvalue weighted by molar-refractivity contribution is 6.42. The molecule has 2 fully saturated rings. The fraction of sp³-hybridized carbons (Fsp3) is 0.389.